The molecular formula is C22H28BrN5O3. The van der Waals surface area contributed by atoms with Gasteiger partial charge in [0, 0.05) is 36.2 Å². The van der Waals surface area contributed by atoms with Crippen LogP contribution in [0.4, 0.5) is 5.69 Å². The maximum absolute atomic E-state index is 12.7. The Hall–Kier alpha value is -2.30. The minimum absolute atomic E-state index is 0.0347. The van der Waals surface area contributed by atoms with Gasteiger partial charge < -0.3 is 10.1 Å². The zero-order valence-corrected chi connectivity index (χ0v) is 18.9. The minimum Gasteiger partial charge on any atom is -0.379 e. The molecule has 1 fully saturated rings. The molecule has 1 saturated heterocycles. The number of hydrogen-bond donors (Lipinski definition) is 4. The lowest BCUT2D eigenvalue weighted by Gasteiger charge is -2.26. The number of benzene rings is 2. The first-order valence-corrected chi connectivity index (χ1v) is 11.0. The van der Waals surface area contributed by atoms with Gasteiger partial charge in [0.25, 0.3) is 0 Å². The van der Waals surface area contributed by atoms with E-state index in [2.05, 4.69) is 36.9 Å². The highest BCUT2D eigenvalue weighted by Crippen LogP contribution is 2.31. The summed E-state index contributed by atoms with van der Waals surface area (Å²) < 4.78 is 6.23. The Morgan fingerprint density at radius 1 is 1.10 bits per heavy atom. The second-order valence-corrected chi connectivity index (χ2v) is 8.19. The van der Waals surface area contributed by atoms with Crippen LogP contribution in [0.2, 0.25) is 0 Å². The Morgan fingerprint density at radius 3 is 2.55 bits per heavy atom. The van der Waals surface area contributed by atoms with Crippen molar-refractivity contribution in [3.63, 3.8) is 0 Å². The molecule has 3 rings (SSSR count). The van der Waals surface area contributed by atoms with Crippen LogP contribution in [0.25, 0.3) is 0 Å². The van der Waals surface area contributed by atoms with Gasteiger partial charge in [-0.15, -0.1) is 0 Å². The normalized spacial score (nSPS) is 15.3. The lowest BCUT2D eigenvalue weighted by atomic mass is 9.97. The molecule has 2 aromatic carbocycles. The topological polar surface area (TPSA) is 109 Å². The summed E-state index contributed by atoms with van der Waals surface area (Å²) in [7, 11) is 0. The molecule has 9 heteroatoms. The van der Waals surface area contributed by atoms with Crippen molar-refractivity contribution in [3.8, 4) is 0 Å². The molecular weight excluding hydrogens is 462 g/mol. The largest absolute Gasteiger partial charge is 0.379 e. The summed E-state index contributed by atoms with van der Waals surface area (Å²) in [6, 6.07) is 15.1. The van der Waals surface area contributed by atoms with Crippen LogP contribution in [0.3, 0.4) is 0 Å². The van der Waals surface area contributed by atoms with Gasteiger partial charge in [-0.3, -0.25) is 25.2 Å². The Kier molecular flexibility index (Phi) is 8.98. The summed E-state index contributed by atoms with van der Waals surface area (Å²) in [4.78, 5) is 26.7. The fraction of sp³-hybridized carbons (Fsp3) is 0.364. The molecule has 5 N–H and O–H groups in total. The third kappa shape index (κ3) is 7.12. The van der Waals surface area contributed by atoms with E-state index >= 15 is 0 Å². The SMILES string of the molecule is NNC(=O)CN[C@@H](c1ccccc1)c1cc(Br)ccc1NC(=O)CCN1CCOCC1. The predicted molar refractivity (Wildman–Crippen MR) is 123 cm³/mol. The second kappa shape index (κ2) is 11.9. The van der Waals surface area contributed by atoms with Gasteiger partial charge in [-0.1, -0.05) is 46.3 Å². The first kappa shape index (κ1) is 23.4. The number of amides is 2. The van der Waals surface area contributed by atoms with Crippen molar-refractivity contribution in [2.45, 2.75) is 12.5 Å². The number of ether oxygens (including phenoxy) is 1. The Morgan fingerprint density at radius 2 is 1.84 bits per heavy atom. The van der Waals surface area contributed by atoms with E-state index < -0.39 is 0 Å². The number of rotatable bonds is 9. The molecule has 0 radical (unpaired) electrons. The van der Waals surface area contributed by atoms with Crippen molar-refractivity contribution < 1.29 is 14.3 Å². The molecule has 2 aromatic rings. The van der Waals surface area contributed by atoms with Gasteiger partial charge in [-0.25, -0.2) is 5.84 Å². The molecule has 0 unspecified atom stereocenters. The number of hydrogen-bond acceptors (Lipinski definition) is 6. The molecule has 0 aliphatic carbocycles. The number of carbonyl (C=O) groups excluding carboxylic acids is 2. The maximum Gasteiger partial charge on any atom is 0.247 e. The molecule has 0 aromatic heterocycles. The summed E-state index contributed by atoms with van der Waals surface area (Å²) in [6.45, 7) is 3.84. The van der Waals surface area contributed by atoms with E-state index in [9.17, 15) is 9.59 Å². The summed E-state index contributed by atoms with van der Waals surface area (Å²) in [5.41, 5.74) is 4.65. The van der Waals surface area contributed by atoms with Gasteiger partial charge in [-0.2, -0.15) is 0 Å². The van der Waals surface area contributed by atoms with Crippen LogP contribution in [0.15, 0.2) is 53.0 Å². The highest BCUT2D eigenvalue weighted by molar-refractivity contribution is 9.10. The molecule has 31 heavy (non-hydrogen) atoms. The predicted octanol–water partition coefficient (Wildman–Crippen LogP) is 1.78. The first-order chi connectivity index (χ1) is 15.1. The minimum atomic E-state index is -0.327. The van der Waals surface area contributed by atoms with Crippen molar-refractivity contribution in [2.24, 2.45) is 5.84 Å². The molecule has 1 heterocycles. The summed E-state index contributed by atoms with van der Waals surface area (Å²) in [5.74, 6) is 4.85. The van der Waals surface area contributed by atoms with E-state index in [1.807, 2.05) is 48.5 Å². The summed E-state index contributed by atoms with van der Waals surface area (Å²) in [5, 5.41) is 6.29. The second-order valence-electron chi connectivity index (χ2n) is 7.28. The summed E-state index contributed by atoms with van der Waals surface area (Å²) in [6.07, 6.45) is 0.397. The van der Waals surface area contributed by atoms with Crippen molar-refractivity contribution >= 4 is 33.4 Å². The standard InChI is InChI=1S/C22H28BrN5O3/c23-17-6-7-19(26-20(29)8-9-28-10-12-31-13-11-28)18(14-17)22(25-15-21(30)27-24)16-4-2-1-3-5-16/h1-7,14,22,25H,8-13,15,24H2,(H,26,29)(H,27,30)/t22-/m0/s1. The number of nitrogens with two attached hydrogens (primary N) is 1. The molecule has 166 valence electrons. The molecule has 1 aliphatic heterocycles. The average molecular weight is 490 g/mol. The average Bonchev–Trinajstić information content (AvgIpc) is 2.80. The first-order valence-electron chi connectivity index (χ1n) is 10.2. The van der Waals surface area contributed by atoms with Crippen molar-refractivity contribution in [1.82, 2.24) is 15.6 Å². The van der Waals surface area contributed by atoms with E-state index in [4.69, 9.17) is 10.6 Å². The lowest BCUT2D eigenvalue weighted by molar-refractivity contribution is -0.120. The molecule has 2 amide bonds. The van der Waals surface area contributed by atoms with Gasteiger partial charge in [0.2, 0.25) is 11.8 Å². The van der Waals surface area contributed by atoms with Gasteiger partial charge in [-0.05, 0) is 29.3 Å². The number of morpholine rings is 1. The zero-order chi connectivity index (χ0) is 22.1. The third-order valence-electron chi connectivity index (χ3n) is 5.12. The van der Waals surface area contributed by atoms with Crippen molar-refractivity contribution in [1.29, 1.82) is 0 Å². The van der Waals surface area contributed by atoms with Crippen LogP contribution in [0.5, 0.6) is 0 Å². The summed E-state index contributed by atoms with van der Waals surface area (Å²) >= 11 is 3.52. The highest BCUT2D eigenvalue weighted by atomic mass is 79.9. The van der Waals surface area contributed by atoms with Crippen LogP contribution in [-0.4, -0.2) is 56.1 Å². The van der Waals surface area contributed by atoms with Crippen molar-refractivity contribution in [3.05, 3.63) is 64.1 Å². The third-order valence-corrected chi connectivity index (χ3v) is 5.61. The number of nitrogens with zero attached hydrogens (tertiary/aromatic N) is 1. The van der Waals surface area contributed by atoms with E-state index in [0.29, 0.717) is 31.9 Å². The van der Waals surface area contributed by atoms with Crippen LogP contribution in [-0.2, 0) is 14.3 Å². The number of anilines is 1. The van der Waals surface area contributed by atoms with Crippen LogP contribution in [0, 0.1) is 0 Å². The molecule has 0 bridgehead atoms. The van der Waals surface area contributed by atoms with Crippen LogP contribution in [0.1, 0.15) is 23.6 Å². The fourth-order valence-corrected chi connectivity index (χ4v) is 3.86. The van der Waals surface area contributed by atoms with Crippen LogP contribution >= 0.6 is 15.9 Å². The smallest absolute Gasteiger partial charge is 0.247 e. The maximum atomic E-state index is 12.7. The van der Waals surface area contributed by atoms with Gasteiger partial charge >= 0.3 is 0 Å². The Balaban J connectivity index is 1.78. The molecule has 0 saturated carbocycles. The highest BCUT2D eigenvalue weighted by Gasteiger charge is 2.20. The monoisotopic (exact) mass is 489 g/mol. The fourth-order valence-electron chi connectivity index (χ4n) is 3.48. The van der Waals surface area contributed by atoms with Gasteiger partial charge in [0.1, 0.15) is 0 Å². The lowest BCUT2D eigenvalue weighted by Crippen LogP contribution is -2.39. The molecule has 8 nitrogen and oxygen atoms in total. The molecule has 1 aliphatic rings. The molecule has 0 spiro atoms. The quantitative estimate of drug-likeness (QED) is 0.243. The Bertz CT molecular complexity index is 875. The van der Waals surface area contributed by atoms with Crippen molar-refractivity contribution in [2.75, 3.05) is 44.7 Å². The van der Waals surface area contributed by atoms with Gasteiger partial charge in [0.05, 0.1) is 25.8 Å². The number of carbonyl (C=O) groups is 2. The number of hydrazine groups is 1. The Labute approximate surface area is 190 Å². The van der Waals surface area contributed by atoms with Gasteiger partial charge in [0.15, 0.2) is 0 Å². The van der Waals surface area contributed by atoms with E-state index in [0.717, 1.165) is 28.7 Å². The van der Waals surface area contributed by atoms with E-state index in [-0.39, 0.29) is 24.4 Å². The van der Waals surface area contributed by atoms with E-state index in [1.165, 1.54) is 0 Å². The number of halogens is 1. The van der Waals surface area contributed by atoms with E-state index in [1.54, 1.807) is 0 Å². The van der Waals surface area contributed by atoms with Crippen LogP contribution < -0.4 is 21.9 Å². The zero-order valence-electron chi connectivity index (χ0n) is 17.3. The molecule has 1 atom stereocenters. The number of nitrogens with one attached hydrogen (secondary N) is 3.